The lowest BCUT2D eigenvalue weighted by molar-refractivity contribution is -0.149. The zero-order valence-electron chi connectivity index (χ0n) is 19.0. The summed E-state index contributed by atoms with van der Waals surface area (Å²) in [5, 5.41) is 3.18. The van der Waals surface area contributed by atoms with Crippen molar-refractivity contribution in [3.63, 3.8) is 0 Å². The van der Waals surface area contributed by atoms with Crippen molar-refractivity contribution in [2.24, 2.45) is 0 Å². The predicted octanol–water partition coefficient (Wildman–Crippen LogP) is 4.27. The zero-order chi connectivity index (χ0) is 23.6. The van der Waals surface area contributed by atoms with Crippen LogP contribution in [-0.4, -0.2) is 23.6 Å². The van der Waals surface area contributed by atoms with Gasteiger partial charge in [-0.2, -0.15) is 0 Å². The molecule has 0 bridgehead atoms. The molecule has 174 valence electrons. The molecule has 1 unspecified atom stereocenters. The Morgan fingerprint density at radius 3 is 2.09 bits per heavy atom. The highest BCUT2D eigenvalue weighted by molar-refractivity contribution is 7.81. The molecule has 5 nitrogen and oxygen atoms in total. The monoisotopic (exact) mass is 473 g/mol. The van der Waals surface area contributed by atoms with Crippen molar-refractivity contribution in [1.29, 1.82) is 0 Å². The Kier molecular flexibility index (Phi) is 6.14. The van der Waals surface area contributed by atoms with Crippen LogP contribution in [0.25, 0.3) is 0 Å². The number of hydrogen-bond acceptors (Lipinski definition) is 4. The maximum absolute atomic E-state index is 14.6. The maximum Gasteiger partial charge on any atom is 0.320 e. The average molecular weight is 474 g/mol. The third-order valence-corrected chi connectivity index (χ3v) is 10.9. The molecule has 0 heterocycles. The second-order valence-corrected chi connectivity index (χ2v) is 12.2. The minimum Gasteiger partial charge on any atom is -0.455 e. The van der Waals surface area contributed by atoms with Gasteiger partial charge in [0.15, 0.2) is 13.7 Å². The summed E-state index contributed by atoms with van der Waals surface area (Å²) < 4.78 is 20.2. The molecule has 2 aliphatic carbocycles. The van der Waals surface area contributed by atoms with E-state index in [9.17, 15) is 14.2 Å². The molecule has 2 aliphatic rings. The van der Waals surface area contributed by atoms with Crippen LogP contribution in [0.3, 0.4) is 0 Å². The Balaban J connectivity index is 1.32. The summed E-state index contributed by atoms with van der Waals surface area (Å²) in [7, 11) is -3.32. The molecule has 1 fully saturated rings. The van der Waals surface area contributed by atoms with Crippen molar-refractivity contribution < 1.29 is 18.9 Å². The highest BCUT2D eigenvalue weighted by atomic mass is 31.2. The van der Waals surface area contributed by atoms with Crippen molar-refractivity contribution >= 4 is 29.6 Å². The lowest BCUT2D eigenvalue weighted by atomic mass is 9.88. The SMILES string of the molecule is O=C(COC(=O)C1(P(=O)(c2ccccc2)c2ccccc2)CC1)NC1CCCc2ccccc21. The molecule has 1 saturated carbocycles. The van der Waals surface area contributed by atoms with Crippen LogP contribution in [-0.2, 0) is 25.3 Å². The van der Waals surface area contributed by atoms with E-state index < -0.39 is 18.3 Å². The Morgan fingerprint density at radius 2 is 1.47 bits per heavy atom. The number of benzene rings is 3. The maximum atomic E-state index is 14.6. The minimum atomic E-state index is -3.32. The summed E-state index contributed by atoms with van der Waals surface area (Å²) in [4.78, 5) is 26.0. The van der Waals surface area contributed by atoms with Gasteiger partial charge in [0.25, 0.3) is 5.91 Å². The first-order valence-corrected chi connectivity index (χ1v) is 13.5. The molecule has 0 aromatic heterocycles. The van der Waals surface area contributed by atoms with Crippen molar-refractivity contribution in [3.8, 4) is 0 Å². The molecule has 1 atom stereocenters. The largest absolute Gasteiger partial charge is 0.455 e. The number of rotatable bonds is 7. The van der Waals surface area contributed by atoms with Gasteiger partial charge in [0, 0.05) is 10.6 Å². The van der Waals surface area contributed by atoms with Crippen LogP contribution in [0.2, 0.25) is 0 Å². The van der Waals surface area contributed by atoms with Crippen LogP contribution in [0.4, 0.5) is 0 Å². The molecule has 0 saturated heterocycles. The fraction of sp³-hybridized carbons (Fsp3) is 0.286. The summed E-state index contributed by atoms with van der Waals surface area (Å²) in [6, 6.07) is 26.4. The second-order valence-electron chi connectivity index (χ2n) is 9.10. The van der Waals surface area contributed by atoms with Gasteiger partial charge in [-0.1, -0.05) is 84.9 Å². The number of aryl methyl sites for hydroxylation is 1. The number of amides is 1. The molecule has 0 radical (unpaired) electrons. The average Bonchev–Trinajstić information content (AvgIpc) is 3.71. The van der Waals surface area contributed by atoms with E-state index in [1.165, 1.54) is 5.56 Å². The van der Waals surface area contributed by atoms with Crippen LogP contribution in [0.15, 0.2) is 84.9 Å². The molecule has 1 amide bonds. The minimum absolute atomic E-state index is 0.0780. The van der Waals surface area contributed by atoms with Gasteiger partial charge in [0.2, 0.25) is 0 Å². The highest BCUT2D eigenvalue weighted by Gasteiger charge is 2.65. The van der Waals surface area contributed by atoms with E-state index in [4.69, 9.17) is 4.74 Å². The van der Waals surface area contributed by atoms with Gasteiger partial charge in [-0.3, -0.25) is 9.59 Å². The van der Waals surface area contributed by atoms with Crippen LogP contribution in [0.1, 0.15) is 42.9 Å². The van der Waals surface area contributed by atoms with Gasteiger partial charge in [0.1, 0.15) is 5.16 Å². The van der Waals surface area contributed by atoms with Crippen LogP contribution < -0.4 is 15.9 Å². The van der Waals surface area contributed by atoms with Crippen LogP contribution >= 0.6 is 7.14 Å². The van der Waals surface area contributed by atoms with Crippen LogP contribution in [0, 0.1) is 0 Å². The number of carbonyl (C=O) groups is 2. The van der Waals surface area contributed by atoms with E-state index >= 15 is 0 Å². The molecule has 1 N–H and O–H groups in total. The van der Waals surface area contributed by atoms with E-state index in [0.717, 1.165) is 24.8 Å². The highest BCUT2D eigenvalue weighted by Crippen LogP contribution is 2.68. The molecule has 6 heteroatoms. The number of carbonyl (C=O) groups excluding carboxylic acids is 2. The second kappa shape index (κ2) is 9.23. The van der Waals surface area contributed by atoms with E-state index in [1.807, 2.05) is 78.9 Å². The quantitative estimate of drug-likeness (QED) is 0.411. The van der Waals surface area contributed by atoms with Crippen LogP contribution in [0.5, 0.6) is 0 Å². The Morgan fingerprint density at radius 1 is 0.882 bits per heavy atom. The topological polar surface area (TPSA) is 72.5 Å². The number of fused-ring (bicyclic) bond motifs is 1. The molecule has 0 aliphatic heterocycles. The zero-order valence-corrected chi connectivity index (χ0v) is 19.9. The third kappa shape index (κ3) is 3.99. The van der Waals surface area contributed by atoms with Gasteiger partial charge in [-0.05, 0) is 43.2 Å². The lowest BCUT2D eigenvalue weighted by Crippen LogP contribution is -2.38. The summed E-state index contributed by atoms with van der Waals surface area (Å²) in [5.41, 5.74) is 2.38. The van der Waals surface area contributed by atoms with E-state index in [1.54, 1.807) is 0 Å². The number of ether oxygens (including phenoxy) is 1. The van der Waals surface area contributed by atoms with Crippen molar-refractivity contribution in [2.75, 3.05) is 6.61 Å². The summed E-state index contributed by atoms with van der Waals surface area (Å²) in [6.07, 6.45) is 3.82. The molecule has 3 aromatic rings. The van der Waals surface area contributed by atoms with Gasteiger partial charge in [0.05, 0.1) is 6.04 Å². The first kappa shape index (κ1) is 22.6. The Labute approximate surface area is 199 Å². The molecular weight excluding hydrogens is 445 g/mol. The van der Waals surface area contributed by atoms with E-state index in [-0.39, 0.29) is 18.6 Å². The first-order valence-electron chi connectivity index (χ1n) is 11.8. The van der Waals surface area contributed by atoms with Crippen molar-refractivity contribution in [1.82, 2.24) is 5.32 Å². The molecular formula is C28H28NO4P. The summed E-state index contributed by atoms with van der Waals surface area (Å²) in [5.74, 6) is -0.886. The summed E-state index contributed by atoms with van der Waals surface area (Å²) >= 11 is 0. The van der Waals surface area contributed by atoms with Gasteiger partial charge < -0.3 is 14.6 Å². The van der Waals surface area contributed by atoms with E-state index in [0.29, 0.717) is 23.5 Å². The fourth-order valence-corrected chi connectivity index (χ4v) is 8.62. The predicted molar refractivity (Wildman–Crippen MR) is 133 cm³/mol. The van der Waals surface area contributed by atoms with Gasteiger partial charge in [-0.25, -0.2) is 0 Å². The van der Waals surface area contributed by atoms with Gasteiger partial charge >= 0.3 is 5.97 Å². The lowest BCUT2D eigenvalue weighted by Gasteiger charge is -2.28. The molecule has 5 rings (SSSR count). The fourth-order valence-electron chi connectivity index (χ4n) is 5.09. The molecule has 0 spiro atoms. The molecule has 34 heavy (non-hydrogen) atoms. The first-order chi connectivity index (χ1) is 16.5. The normalized spacial score (nSPS) is 18.4. The third-order valence-electron chi connectivity index (χ3n) is 6.98. The summed E-state index contributed by atoms with van der Waals surface area (Å²) in [6.45, 7) is -0.372. The Hall–Kier alpha value is -3.17. The number of nitrogens with one attached hydrogen (secondary N) is 1. The van der Waals surface area contributed by atoms with Crippen molar-refractivity contribution in [2.45, 2.75) is 43.3 Å². The molecule has 3 aromatic carbocycles. The Bertz CT molecular complexity index is 1190. The number of esters is 1. The van der Waals surface area contributed by atoms with E-state index in [2.05, 4.69) is 11.4 Å². The van der Waals surface area contributed by atoms with Crippen molar-refractivity contribution in [3.05, 3.63) is 96.1 Å². The standard InChI is InChI=1S/C28H28NO4P/c30-26(29-25-17-9-11-21-10-7-8-16-24(21)25)20-33-27(31)28(18-19-28)34(32,22-12-3-1-4-13-22)23-14-5-2-6-15-23/h1-8,10,12-16,25H,9,11,17-20H2,(H,29,30). The van der Waals surface area contributed by atoms with Gasteiger partial charge in [-0.15, -0.1) is 0 Å². The smallest absolute Gasteiger partial charge is 0.320 e. The number of hydrogen-bond donors (Lipinski definition) is 1.